The summed E-state index contributed by atoms with van der Waals surface area (Å²) in [6.45, 7) is 6.65. The normalized spacial score (nSPS) is 12.2. The first-order chi connectivity index (χ1) is 39.0. The van der Waals surface area contributed by atoms with Crippen molar-refractivity contribution in [1.82, 2.24) is 0 Å². The first-order valence-corrected chi connectivity index (χ1v) is 35.5. The molecule has 0 fully saturated rings. The van der Waals surface area contributed by atoms with Gasteiger partial charge in [-0.05, 0) is 57.8 Å². The van der Waals surface area contributed by atoms with Gasteiger partial charge in [0.1, 0.15) is 13.2 Å². The number of carbonyl (C=O) groups excluding carboxylic acids is 3. The predicted octanol–water partition coefficient (Wildman–Crippen LogP) is 24.3. The van der Waals surface area contributed by atoms with E-state index < -0.39 is 6.10 Å². The molecule has 0 aromatic rings. The monoisotopic (exact) mass is 1110 g/mol. The molecule has 0 aliphatic heterocycles. The lowest BCUT2D eigenvalue weighted by Gasteiger charge is -2.18. The molecule has 0 bridgehead atoms. The third-order valence-corrected chi connectivity index (χ3v) is 16.1. The Morgan fingerprint density at radius 2 is 0.456 bits per heavy atom. The Hall–Kier alpha value is -2.37. The highest BCUT2D eigenvalue weighted by atomic mass is 16.6. The summed E-state index contributed by atoms with van der Waals surface area (Å²) in [5, 5.41) is 0. The van der Waals surface area contributed by atoms with Crippen LogP contribution in [0, 0.1) is 0 Å². The van der Waals surface area contributed by atoms with Crippen LogP contribution < -0.4 is 0 Å². The van der Waals surface area contributed by atoms with Gasteiger partial charge in [-0.3, -0.25) is 14.4 Å². The number of carbonyl (C=O) groups is 3. The minimum atomic E-state index is -0.775. The van der Waals surface area contributed by atoms with E-state index in [1.54, 1.807) is 0 Å². The highest BCUT2D eigenvalue weighted by Gasteiger charge is 2.19. The van der Waals surface area contributed by atoms with E-state index in [1.165, 1.54) is 276 Å². The summed E-state index contributed by atoms with van der Waals surface area (Å²) < 4.78 is 16.9. The summed E-state index contributed by atoms with van der Waals surface area (Å²) in [7, 11) is 0. The number of rotatable bonds is 66. The minimum absolute atomic E-state index is 0.0728. The number of unbranched alkanes of at least 4 members (excludes halogenated alkanes) is 49. The van der Waals surface area contributed by atoms with Crippen molar-refractivity contribution >= 4 is 17.9 Å². The van der Waals surface area contributed by atoms with Crippen molar-refractivity contribution in [2.45, 2.75) is 399 Å². The third-order valence-electron chi connectivity index (χ3n) is 16.1. The van der Waals surface area contributed by atoms with Gasteiger partial charge < -0.3 is 14.2 Å². The Balaban J connectivity index is 4.03. The van der Waals surface area contributed by atoms with Crippen molar-refractivity contribution in [3.8, 4) is 0 Å². The Labute approximate surface area is 493 Å². The number of allylic oxidation sites excluding steroid dienone is 6. The van der Waals surface area contributed by atoms with Crippen LogP contribution in [-0.4, -0.2) is 37.2 Å². The van der Waals surface area contributed by atoms with E-state index in [0.717, 1.165) is 77.0 Å². The van der Waals surface area contributed by atoms with Crippen molar-refractivity contribution in [2.75, 3.05) is 13.2 Å². The summed E-state index contributed by atoms with van der Waals surface area (Å²) >= 11 is 0. The van der Waals surface area contributed by atoms with E-state index in [9.17, 15) is 14.4 Å². The van der Waals surface area contributed by atoms with Crippen LogP contribution in [0.15, 0.2) is 36.5 Å². The molecule has 1 atom stereocenters. The van der Waals surface area contributed by atoms with Gasteiger partial charge in [-0.1, -0.05) is 353 Å². The minimum Gasteiger partial charge on any atom is -0.462 e. The molecule has 0 aliphatic rings. The molecule has 0 rings (SSSR count). The van der Waals surface area contributed by atoms with Crippen LogP contribution in [0.25, 0.3) is 0 Å². The Bertz CT molecular complexity index is 1320. The fourth-order valence-electron chi connectivity index (χ4n) is 10.8. The van der Waals surface area contributed by atoms with Crippen LogP contribution in [0.2, 0.25) is 0 Å². The van der Waals surface area contributed by atoms with E-state index in [2.05, 4.69) is 57.2 Å². The standard InChI is InChI=1S/C73H136O6/c1-4-7-10-13-16-19-21-23-25-27-29-31-32-33-34-35-36-37-38-39-40-41-43-44-46-48-50-52-54-57-60-63-66-72(75)78-69-70(68-77-71(74)65-62-59-56-18-15-12-9-6-3)79-73(76)67-64-61-58-55-53-51-49-47-45-42-30-28-26-24-22-20-17-14-11-8-5-2/h22,24,28,30,45,47,70H,4-21,23,25-27,29,31-44,46,48-69H2,1-3H3/b24-22-,30-28-,47-45-. The molecule has 0 aromatic carbocycles. The fourth-order valence-corrected chi connectivity index (χ4v) is 10.8. The quantitative estimate of drug-likeness (QED) is 0.0261. The summed E-state index contributed by atoms with van der Waals surface area (Å²) in [5.41, 5.74) is 0. The first kappa shape index (κ1) is 76.6. The van der Waals surface area contributed by atoms with Crippen molar-refractivity contribution in [1.29, 1.82) is 0 Å². The van der Waals surface area contributed by atoms with E-state index >= 15 is 0 Å². The predicted molar refractivity (Wildman–Crippen MR) is 344 cm³/mol. The summed E-state index contributed by atoms with van der Waals surface area (Å²) in [6.07, 6.45) is 85.0. The van der Waals surface area contributed by atoms with Gasteiger partial charge in [-0.25, -0.2) is 0 Å². The topological polar surface area (TPSA) is 78.9 Å². The number of ether oxygens (including phenoxy) is 3. The zero-order chi connectivity index (χ0) is 57.1. The molecule has 464 valence electrons. The molecule has 6 heteroatoms. The molecule has 1 unspecified atom stereocenters. The zero-order valence-electron chi connectivity index (χ0n) is 53.4. The zero-order valence-corrected chi connectivity index (χ0v) is 53.4. The molecule has 0 heterocycles. The van der Waals surface area contributed by atoms with Crippen molar-refractivity contribution in [2.24, 2.45) is 0 Å². The molecule has 0 radical (unpaired) electrons. The molecule has 0 N–H and O–H groups in total. The highest BCUT2D eigenvalue weighted by Crippen LogP contribution is 2.19. The van der Waals surface area contributed by atoms with Gasteiger partial charge in [0.25, 0.3) is 0 Å². The average molecular weight is 1110 g/mol. The molecule has 79 heavy (non-hydrogen) atoms. The fraction of sp³-hybridized carbons (Fsp3) is 0.877. The van der Waals surface area contributed by atoms with Crippen molar-refractivity contribution in [3.05, 3.63) is 36.5 Å². The van der Waals surface area contributed by atoms with Gasteiger partial charge in [0.15, 0.2) is 6.10 Å². The van der Waals surface area contributed by atoms with E-state index in [4.69, 9.17) is 14.2 Å². The van der Waals surface area contributed by atoms with Crippen LogP contribution in [0.1, 0.15) is 393 Å². The van der Waals surface area contributed by atoms with E-state index in [0.29, 0.717) is 19.3 Å². The lowest BCUT2D eigenvalue weighted by molar-refractivity contribution is -0.167. The number of hydrogen-bond donors (Lipinski definition) is 0. The first-order valence-electron chi connectivity index (χ1n) is 35.5. The van der Waals surface area contributed by atoms with Crippen LogP contribution in [0.4, 0.5) is 0 Å². The van der Waals surface area contributed by atoms with Crippen LogP contribution in [0.3, 0.4) is 0 Å². The maximum Gasteiger partial charge on any atom is 0.306 e. The second kappa shape index (κ2) is 68.1. The Morgan fingerprint density at radius 1 is 0.253 bits per heavy atom. The van der Waals surface area contributed by atoms with Gasteiger partial charge in [-0.15, -0.1) is 0 Å². The SMILES string of the molecule is CCCCCCC/C=C\C/C=C\C/C=C\CCCCCCCCC(=O)OC(COC(=O)CCCCCCCCCC)COC(=O)CCCCCCCCCCCCCCCCCCCCCCCCCCCCCCCCCC. The molecule has 6 nitrogen and oxygen atoms in total. The summed E-state index contributed by atoms with van der Waals surface area (Å²) in [4.78, 5) is 38.2. The second-order valence-electron chi connectivity index (χ2n) is 24.2. The molecule has 0 saturated carbocycles. The number of esters is 3. The van der Waals surface area contributed by atoms with Crippen LogP contribution >= 0.6 is 0 Å². The Morgan fingerprint density at radius 3 is 0.709 bits per heavy atom. The molecule has 0 saturated heterocycles. The number of hydrogen-bond acceptors (Lipinski definition) is 6. The smallest absolute Gasteiger partial charge is 0.306 e. The molecular formula is C73H136O6. The van der Waals surface area contributed by atoms with Gasteiger partial charge in [0.2, 0.25) is 0 Å². The molecule has 0 amide bonds. The van der Waals surface area contributed by atoms with Crippen LogP contribution in [-0.2, 0) is 28.6 Å². The van der Waals surface area contributed by atoms with Gasteiger partial charge in [0, 0.05) is 19.3 Å². The van der Waals surface area contributed by atoms with Crippen molar-refractivity contribution < 1.29 is 28.6 Å². The van der Waals surface area contributed by atoms with Crippen LogP contribution in [0.5, 0.6) is 0 Å². The lowest BCUT2D eigenvalue weighted by atomic mass is 10.0. The van der Waals surface area contributed by atoms with Gasteiger partial charge >= 0.3 is 17.9 Å². The largest absolute Gasteiger partial charge is 0.462 e. The van der Waals surface area contributed by atoms with Gasteiger partial charge in [0.05, 0.1) is 0 Å². The lowest BCUT2D eigenvalue weighted by Crippen LogP contribution is -2.30. The average Bonchev–Trinajstić information content (AvgIpc) is 3.45. The molecule has 0 spiro atoms. The van der Waals surface area contributed by atoms with E-state index in [1.807, 2.05) is 0 Å². The molecular weight excluding hydrogens is 973 g/mol. The third kappa shape index (κ3) is 66.3. The molecule has 0 aromatic heterocycles. The Kier molecular flexibility index (Phi) is 66.1. The second-order valence-corrected chi connectivity index (χ2v) is 24.2. The maximum absolute atomic E-state index is 12.9. The summed E-state index contributed by atoms with van der Waals surface area (Å²) in [6, 6.07) is 0. The molecule has 0 aliphatic carbocycles. The maximum atomic E-state index is 12.9. The summed E-state index contributed by atoms with van der Waals surface area (Å²) in [5.74, 6) is -0.866. The van der Waals surface area contributed by atoms with Gasteiger partial charge in [-0.2, -0.15) is 0 Å². The van der Waals surface area contributed by atoms with Crippen molar-refractivity contribution in [3.63, 3.8) is 0 Å². The highest BCUT2D eigenvalue weighted by molar-refractivity contribution is 5.71. The van der Waals surface area contributed by atoms with E-state index in [-0.39, 0.29) is 31.1 Å².